The number of halogens is 1. The predicted octanol–water partition coefficient (Wildman–Crippen LogP) is 2.17. The minimum atomic E-state index is -0.344. The molecule has 0 bridgehead atoms. The molecule has 1 fully saturated rings. The summed E-state index contributed by atoms with van der Waals surface area (Å²) in [6.45, 7) is 0. The Kier molecular flexibility index (Phi) is 3.26. The predicted molar refractivity (Wildman–Crippen MR) is 72.3 cm³/mol. The molecule has 1 N–H and O–H groups in total. The molecule has 1 amide bonds. The van der Waals surface area contributed by atoms with Crippen LogP contribution in [0.4, 0.5) is 4.39 Å². The molecule has 1 aliphatic carbocycles. The molecule has 5 heteroatoms. The molecule has 104 valence electrons. The fraction of sp³-hybridized carbons (Fsp3) is 0.333. The monoisotopic (exact) mass is 273 g/mol. The number of aryl methyl sites for hydroxylation is 1. The number of amides is 1. The number of nitrogens with one attached hydrogen (secondary N) is 1. The zero-order chi connectivity index (χ0) is 14.1. The Morgan fingerprint density at radius 2 is 2.10 bits per heavy atom. The van der Waals surface area contributed by atoms with Gasteiger partial charge in [0.25, 0.3) is 0 Å². The summed E-state index contributed by atoms with van der Waals surface area (Å²) in [6, 6.07) is 5.82. The second kappa shape index (κ2) is 5.07. The average molecular weight is 273 g/mol. The van der Waals surface area contributed by atoms with E-state index >= 15 is 0 Å². The highest BCUT2D eigenvalue weighted by Gasteiger charge is 2.32. The standard InChI is InChI=1S/C15H16FN3O/c1-19-9-8-17-14(19)13(18-15(20)11-2-3-11)10-4-6-12(16)7-5-10/h4-9,11,13H,2-3H2,1H3,(H,18,20)/t13-/m0/s1. The third-order valence-corrected chi connectivity index (χ3v) is 3.55. The van der Waals surface area contributed by atoms with Gasteiger partial charge in [-0.3, -0.25) is 4.79 Å². The van der Waals surface area contributed by atoms with Gasteiger partial charge in [0.05, 0.1) is 0 Å². The van der Waals surface area contributed by atoms with E-state index in [0.717, 1.165) is 24.2 Å². The van der Waals surface area contributed by atoms with Gasteiger partial charge in [0.2, 0.25) is 5.91 Å². The summed E-state index contributed by atoms with van der Waals surface area (Å²) < 4.78 is 14.9. The van der Waals surface area contributed by atoms with Crippen LogP contribution in [0.3, 0.4) is 0 Å². The van der Waals surface area contributed by atoms with Crippen molar-refractivity contribution in [2.45, 2.75) is 18.9 Å². The summed E-state index contributed by atoms with van der Waals surface area (Å²) in [6.07, 6.45) is 5.41. The molecule has 1 atom stereocenters. The van der Waals surface area contributed by atoms with Gasteiger partial charge in [0, 0.05) is 25.4 Å². The van der Waals surface area contributed by atoms with Crippen molar-refractivity contribution in [1.29, 1.82) is 0 Å². The number of hydrogen-bond donors (Lipinski definition) is 1. The van der Waals surface area contributed by atoms with Crippen LogP contribution in [0.5, 0.6) is 0 Å². The van der Waals surface area contributed by atoms with Crippen LogP contribution >= 0.6 is 0 Å². The van der Waals surface area contributed by atoms with Crippen molar-refractivity contribution in [3.05, 3.63) is 53.9 Å². The summed E-state index contributed by atoms with van der Waals surface area (Å²) in [5.41, 5.74) is 0.828. The number of carbonyl (C=O) groups is 1. The van der Waals surface area contributed by atoms with Gasteiger partial charge in [-0.2, -0.15) is 0 Å². The van der Waals surface area contributed by atoms with E-state index in [1.807, 2.05) is 17.8 Å². The van der Waals surface area contributed by atoms with Crippen LogP contribution in [0, 0.1) is 11.7 Å². The molecule has 1 saturated carbocycles. The Bertz CT molecular complexity index is 616. The third kappa shape index (κ3) is 2.57. The summed E-state index contributed by atoms with van der Waals surface area (Å²) in [5, 5.41) is 3.01. The smallest absolute Gasteiger partial charge is 0.223 e. The summed E-state index contributed by atoms with van der Waals surface area (Å²) >= 11 is 0. The van der Waals surface area contributed by atoms with E-state index in [9.17, 15) is 9.18 Å². The molecule has 20 heavy (non-hydrogen) atoms. The Hall–Kier alpha value is -2.17. The molecule has 1 aliphatic rings. The molecular weight excluding hydrogens is 257 g/mol. The molecule has 2 aromatic rings. The van der Waals surface area contributed by atoms with Crippen LogP contribution in [0.15, 0.2) is 36.7 Å². The molecule has 1 heterocycles. The Morgan fingerprint density at radius 1 is 1.40 bits per heavy atom. The largest absolute Gasteiger partial charge is 0.342 e. The van der Waals surface area contributed by atoms with Crippen LogP contribution in [-0.4, -0.2) is 15.5 Å². The van der Waals surface area contributed by atoms with Crippen molar-refractivity contribution in [2.75, 3.05) is 0 Å². The van der Waals surface area contributed by atoms with E-state index in [1.54, 1.807) is 18.3 Å². The van der Waals surface area contributed by atoms with Crippen LogP contribution < -0.4 is 5.32 Å². The first kappa shape index (κ1) is 12.8. The summed E-state index contributed by atoms with van der Waals surface area (Å²) in [7, 11) is 1.88. The molecule has 0 radical (unpaired) electrons. The van der Waals surface area contributed by atoms with E-state index in [0.29, 0.717) is 0 Å². The van der Waals surface area contributed by atoms with Gasteiger partial charge in [-0.15, -0.1) is 0 Å². The minimum absolute atomic E-state index is 0.0438. The maximum absolute atomic E-state index is 13.1. The second-order valence-electron chi connectivity index (χ2n) is 5.16. The topological polar surface area (TPSA) is 46.9 Å². The second-order valence-corrected chi connectivity index (χ2v) is 5.16. The molecule has 4 nitrogen and oxygen atoms in total. The van der Waals surface area contributed by atoms with Gasteiger partial charge in [0.15, 0.2) is 0 Å². The number of nitrogens with zero attached hydrogens (tertiary/aromatic N) is 2. The maximum atomic E-state index is 13.1. The normalized spacial score (nSPS) is 15.9. The van der Waals surface area contributed by atoms with E-state index in [-0.39, 0.29) is 23.7 Å². The number of hydrogen-bond acceptors (Lipinski definition) is 2. The lowest BCUT2D eigenvalue weighted by Gasteiger charge is -2.19. The average Bonchev–Trinajstić information content (AvgIpc) is 3.20. The lowest BCUT2D eigenvalue weighted by Crippen LogP contribution is -2.32. The highest BCUT2D eigenvalue weighted by molar-refractivity contribution is 5.81. The zero-order valence-electron chi connectivity index (χ0n) is 11.2. The van der Waals surface area contributed by atoms with Gasteiger partial charge in [-0.05, 0) is 30.5 Å². The first-order chi connectivity index (χ1) is 9.65. The molecule has 0 aliphatic heterocycles. The number of aromatic nitrogens is 2. The fourth-order valence-electron chi connectivity index (χ4n) is 2.21. The van der Waals surface area contributed by atoms with Crippen LogP contribution in [0.1, 0.15) is 30.3 Å². The first-order valence-electron chi connectivity index (χ1n) is 6.68. The quantitative estimate of drug-likeness (QED) is 0.928. The lowest BCUT2D eigenvalue weighted by atomic mass is 10.1. The Morgan fingerprint density at radius 3 is 2.65 bits per heavy atom. The van der Waals surface area contributed by atoms with E-state index < -0.39 is 0 Å². The SMILES string of the molecule is Cn1ccnc1[C@@H](NC(=O)C1CC1)c1ccc(F)cc1. The number of carbonyl (C=O) groups excluding carboxylic acids is 1. The summed E-state index contributed by atoms with van der Waals surface area (Å²) in [5.74, 6) is 0.618. The van der Waals surface area contributed by atoms with Crippen molar-refractivity contribution in [2.24, 2.45) is 13.0 Å². The molecular formula is C15H16FN3O. The van der Waals surface area contributed by atoms with Gasteiger partial charge in [0.1, 0.15) is 17.7 Å². The third-order valence-electron chi connectivity index (χ3n) is 3.55. The molecule has 1 aromatic carbocycles. The fourth-order valence-corrected chi connectivity index (χ4v) is 2.21. The maximum Gasteiger partial charge on any atom is 0.223 e. The number of rotatable bonds is 4. The zero-order valence-corrected chi connectivity index (χ0v) is 11.2. The molecule has 0 spiro atoms. The van der Waals surface area contributed by atoms with Gasteiger partial charge >= 0.3 is 0 Å². The highest BCUT2D eigenvalue weighted by Crippen LogP contribution is 2.30. The Balaban J connectivity index is 1.92. The van der Waals surface area contributed by atoms with Gasteiger partial charge in [-0.1, -0.05) is 12.1 Å². The van der Waals surface area contributed by atoms with Gasteiger partial charge < -0.3 is 9.88 Å². The summed E-state index contributed by atoms with van der Waals surface area (Å²) in [4.78, 5) is 16.3. The van der Waals surface area contributed by atoms with Crippen LogP contribution in [0.2, 0.25) is 0 Å². The van der Waals surface area contributed by atoms with Crippen molar-refractivity contribution >= 4 is 5.91 Å². The van der Waals surface area contributed by atoms with Crippen LogP contribution in [-0.2, 0) is 11.8 Å². The van der Waals surface area contributed by atoms with Crippen molar-refractivity contribution < 1.29 is 9.18 Å². The van der Waals surface area contributed by atoms with E-state index in [4.69, 9.17) is 0 Å². The van der Waals surface area contributed by atoms with E-state index in [1.165, 1.54) is 12.1 Å². The van der Waals surface area contributed by atoms with Crippen molar-refractivity contribution in [3.8, 4) is 0 Å². The van der Waals surface area contributed by atoms with Crippen molar-refractivity contribution in [1.82, 2.24) is 14.9 Å². The van der Waals surface area contributed by atoms with Crippen molar-refractivity contribution in [3.63, 3.8) is 0 Å². The highest BCUT2D eigenvalue weighted by atomic mass is 19.1. The molecule has 3 rings (SSSR count). The van der Waals surface area contributed by atoms with Gasteiger partial charge in [-0.25, -0.2) is 9.37 Å². The Labute approximate surface area is 116 Å². The molecule has 0 saturated heterocycles. The first-order valence-corrected chi connectivity index (χ1v) is 6.68. The molecule has 0 unspecified atom stereocenters. The minimum Gasteiger partial charge on any atom is -0.342 e. The van der Waals surface area contributed by atoms with Crippen LogP contribution in [0.25, 0.3) is 0 Å². The number of benzene rings is 1. The molecule has 1 aromatic heterocycles. The lowest BCUT2D eigenvalue weighted by molar-refractivity contribution is -0.122. The van der Waals surface area contributed by atoms with E-state index in [2.05, 4.69) is 10.3 Å². The number of imidazole rings is 1.